The molecule has 6 nitrogen and oxygen atoms in total. The summed E-state index contributed by atoms with van der Waals surface area (Å²) in [7, 11) is 6.62. The molecule has 0 spiro atoms. The van der Waals surface area contributed by atoms with Gasteiger partial charge in [-0.15, -0.1) is 0 Å². The van der Waals surface area contributed by atoms with Gasteiger partial charge in [0.2, 0.25) is 11.8 Å². The highest BCUT2D eigenvalue weighted by Crippen LogP contribution is 2.28. The Morgan fingerprint density at radius 1 is 1.04 bits per heavy atom. The Balaban J connectivity index is 1.98. The van der Waals surface area contributed by atoms with E-state index in [2.05, 4.69) is 5.32 Å². The van der Waals surface area contributed by atoms with Crippen LogP contribution in [-0.4, -0.2) is 45.0 Å². The van der Waals surface area contributed by atoms with Gasteiger partial charge < -0.3 is 19.7 Å². The van der Waals surface area contributed by atoms with Gasteiger partial charge in [0.15, 0.2) is 11.5 Å². The molecule has 2 amide bonds. The minimum atomic E-state index is -0.240. The number of rotatable bonds is 8. The Morgan fingerprint density at radius 3 is 2.46 bits per heavy atom. The van der Waals surface area contributed by atoms with Gasteiger partial charge in [-0.2, -0.15) is 0 Å². The molecule has 0 heterocycles. The maximum absolute atomic E-state index is 12.2. The first kappa shape index (κ1) is 21.0. The van der Waals surface area contributed by atoms with Crippen molar-refractivity contribution in [3.8, 4) is 11.5 Å². The van der Waals surface area contributed by atoms with Crippen LogP contribution in [0.15, 0.2) is 48.5 Å². The first-order valence-electron chi connectivity index (χ1n) is 8.93. The van der Waals surface area contributed by atoms with Crippen molar-refractivity contribution >= 4 is 23.6 Å². The van der Waals surface area contributed by atoms with Gasteiger partial charge >= 0.3 is 0 Å². The van der Waals surface area contributed by atoms with Crippen LogP contribution in [0, 0.1) is 0 Å². The fourth-order valence-electron chi connectivity index (χ4n) is 2.59. The van der Waals surface area contributed by atoms with Gasteiger partial charge in [-0.05, 0) is 47.9 Å². The number of methoxy groups -OCH3 is 2. The molecule has 0 aliphatic carbocycles. The number of aryl methyl sites for hydroxylation is 1. The second kappa shape index (κ2) is 10.2. The van der Waals surface area contributed by atoms with E-state index in [1.807, 2.05) is 30.3 Å². The smallest absolute Gasteiger partial charge is 0.248 e. The zero-order valence-corrected chi connectivity index (χ0v) is 16.7. The number of carbonyl (C=O) groups is 2. The summed E-state index contributed by atoms with van der Waals surface area (Å²) in [5.74, 6) is 1.07. The van der Waals surface area contributed by atoms with Crippen molar-refractivity contribution in [2.24, 2.45) is 0 Å². The van der Waals surface area contributed by atoms with Gasteiger partial charge in [-0.3, -0.25) is 9.59 Å². The van der Waals surface area contributed by atoms with Gasteiger partial charge in [0, 0.05) is 32.3 Å². The molecule has 2 rings (SSSR count). The first-order valence-corrected chi connectivity index (χ1v) is 8.93. The Bertz CT molecular complexity index is 859. The lowest BCUT2D eigenvalue weighted by Gasteiger charge is -2.10. The van der Waals surface area contributed by atoms with Crippen molar-refractivity contribution in [1.82, 2.24) is 4.90 Å². The molecule has 0 atom stereocenters. The molecule has 0 saturated heterocycles. The topological polar surface area (TPSA) is 67.9 Å². The fourth-order valence-corrected chi connectivity index (χ4v) is 2.59. The highest BCUT2D eigenvalue weighted by atomic mass is 16.5. The maximum Gasteiger partial charge on any atom is 0.248 e. The number of carbonyl (C=O) groups excluding carboxylic acids is 2. The molecule has 2 aromatic carbocycles. The summed E-state index contributed by atoms with van der Waals surface area (Å²) in [6.45, 7) is 0. The van der Waals surface area contributed by atoms with E-state index in [0.717, 1.165) is 11.1 Å². The van der Waals surface area contributed by atoms with Crippen LogP contribution in [-0.2, 0) is 16.0 Å². The van der Waals surface area contributed by atoms with Crippen LogP contribution in [0.3, 0.4) is 0 Å². The van der Waals surface area contributed by atoms with E-state index in [4.69, 9.17) is 9.47 Å². The van der Waals surface area contributed by atoms with Crippen molar-refractivity contribution in [2.45, 2.75) is 12.8 Å². The quantitative estimate of drug-likeness (QED) is 0.711. The molecule has 0 radical (unpaired) electrons. The van der Waals surface area contributed by atoms with Crippen LogP contribution in [0.4, 0.5) is 5.69 Å². The molecule has 0 aliphatic rings. The van der Waals surface area contributed by atoms with Gasteiger partial charge in [0.25, 0.3) is 0 Å². The van der Waals surface area contributed by atoms with E-state index in [-0.39, 0.29) is 11.8 Å². The molecule has 6 heteroatoms. The van der Waals surface area contributed by atoms with Crippen molar-refractivity contribution in [3.05, 3.63) is 59.7 Å². The highest BCUT2D eigenvalue weighted by Gasteiger charge is 2.06. The van der Waals surface area contributed by atoms with E-state index in [1.54, 1.807) is 51.4 Å². The maximum atomic E-state index is 12.2. The lowest BCUT2D eigenvalue weighted by Crippen LogP contribution is -2.21. The standard InChI is InChI=1S/C22H26N2O4/c1-24(2)22(26)13-10-16-6-5-7-18(14-16)23-21(25)12-9-17-8-11-19(27-3)20(15-17)28-4/h5-9,11-12,14-15H,10,13H2,1-4H3,(H,23,25)/b12-9+. The zero-order valence-electron chi connectivity index (χ0n) is 16.7. The number of hydrogen-bond acceptors (Lipinski definition) is 4. The second-order valence-corrected chi connectivity index (χ2v) is 6.43. The van der Waals surface area contributed by atoms with Gasteiger partial charge in [0.05, 0.1) is 14.2 Å². The molecular formula is C22H26N2O4. The lowest BCUT2D eigenvalue weighted by molar-refractivity contribution is -0.128. The first-order chi connectivity index (χ1) is 13.4. The largest absolute Gasteiger partial charge is 0.493 e. The SMILES string of the molecule is COc1ccc(/C=C/C(=O)Nc2cccc(CCC(=O)N(C)C)c2)cc1OC. The summed E-state index contributed by atoms with van der Waals surface area (Å²) in [5.41, 5.74) is 2.51. The summed E-state index contributed by atoms with van der Waals surface area (Å²) in [5, 5.41) is 2.84. The summed E-state index contributed by atoms with van der Waals surface area (Å²) >= 11 is 0. The fraction of sp³-hybridized carbons (Fsp3) is 0.273. The minimum absolute atomic E-state index is 0.0762. The summed E-state index contributed by atoms with van der Waals surface area (Å²) in [4.78, 5) is 25.5. The third-order valence-electron chi connectivity index (χ3n) is 4.16. The summed E-state index contributed by atoms with van der Waals surface area (Å²) < 4.78 is 10.5. The van der Waals surface area contributed by atoms with Crippen molar-refractivity contribution < 1.29 is 19.1 Å². The van der Waals surface area contributed by atoms with Crippen LogP contribution >= 0.6 is 0 Å². The summed E-state index contributed by atoms with van der Waals surface area (Å²) in [6, 6.07) is 12.9. The average Bonchev–Trinajstić information content (AvgIpc) is 2.70. The van der Waals surface area contributed by atoms with Gasteiger partial charge in [0.1, 0.15) is 0 Å². The van der Waals surface area contributed by atoms with E-state index < -0.39 is 0 Å². The molecule has 0 saturated carbocycles. The number of nitrogens with one attached hydrogen (secondary N) is 1. The van der Waals surface area contributed by atoms with Gasteiger partial charge in [-0.25, -0.2) is 0 Å². The average molecular weight is 382 g/mol. The second-order valence-electron chi connectivity index (χ2n) is 6.43. The molecular weight excluding hydrogens is 356 g/mol. The number of amides is 2. The third kappa shape index (κ3) is 6.16. The Kier molecular flexibility index (Phi) is 7.63. The molecule has 2 aromatic rings. The normalized spacial score (nSPS) is 10.6. The molecule has 0 aromatic heterocycles. The Hall–Kier alpha value is -3.28. The number of anilines is 1. The number of benzene rings is 2. The van der Waals surface area contributed by atoms with Crippen LogP contribution in [0.25, 0.3) is 6.08 Å². The lowest BCUT2D eigenvalue weighted by atomic mass is 10.1. The highest BCUT2D eigenvalue weighted by molar-refractivity contribution is 6.02. The van der Waals surface area contributed by atoms with E-state index in [9.17, 15) is 9.59 Å². The third-order valence-corrected chi connectivity index (χ3v) is 4.16. The van der Waals surface area contributed by atoms with Crippen LogP contribution in [0.5, 0.6) is 11.5 Å². The molecule has 0 fully saturated rings. The monoisotopic (exact) mass is 382 g/mol. The minimum Gasteiger partial charge on any atom is -0.493 e. The van der Waals surface area contributed by atoms with E-state index >= 15 is 0 Å². The molecule has 0 aliphatic heterocycles. The Labute approximate surface area is 165 Å². The Morgan fingerprint density at radius 2 is 1.79 bits per heavy atom. The molecule has 148 valence electrons. The zero-order chi connectivity index (χ0) is 20.5. The predicted octanol–water partition coefficient (Wildman–Crippen LogP) is 3.38. The predicted molar refractivity (Wildman–Crippen MR) is 111 cm³/mol. The van der Waals surface area contributed by atoms with Gasteiger partial charge in [-0.1, -0.05) is 18.2 Å². The van der Waals surface area contributed by atoms with Crippen molar-refractivity contribution in [3.63, 3.8) is 0 Å². The number of ether oxygens (including phenoxy) is 2. The van der Waals surface area contributed by atoms with Crippen LogP contribution in [0.1, 0.15) is 17.5 Å². The molecule has 28 heavy (non-hydrogen) atoms. The number of hydrogen-bond donors (Lipinski definition) is 1. The van der Waals surface area contributed by atoms with Crippen molar-refractivity contribution in [1.29, 1.82) is 0 Å². The summed E-state index contributed by atoms with van der Waals surface area (Å²) in [6.07, 6.45) is 4.23. The van der Waals surface area contributed by atoms with E-state index in [1.165, 1.54) is 6.08 Å². The van der Waals surface area contributed by atoms with Crippen LogP contribution in [0.2, 0.25) is 0 Å². The molecule has 0 bridgehead atoms. The van der Waals surface area contributed by atoms with Crippen LogP contribution < -0.4 is 14.8 Å². The molecule has 1 N–H and O–H groups in total. The molecule has 0 unspecified atom stereocenters. The van der Waals surface area contributed by atoms with Crippen molar-refractivity contribution in [2.75, 3.05) is 33.6 Å². The van der Waals surface area contributed by atoms with E-state index in [0.29, 0.717) is 30.0 Å². The number of nitrogens with zero attached hydrogens (tertiary/aromatic N) is 1.